The second-order valence-corrected chi connectivity index (χ2v) is 10.3. The summed E-state index contributed by atoms with van der Waals surface area (Å²) in [6.45, 7) is 8.55. The number of carbonyl (C=O) groups is 2. The molecule has 2 aliphatic rings. The van der Waals surface area contributed by atoms with Gasteiger partial charge in [-0.05, 0) is 69.2 Å². The normalized spacial score (nSPS) is 22.3. The van der Waals surface area contributed by atoms with Crippen LogP contribution in [0.5, 0.6) is 0 Å². The maximum absolute atomic E-state index is 13.3. The van der Waals surface area contributed by atoms with Crippen molar-refractivity contribution in [1.82, 2.24) is 4.90 Å². The number of nitrogens with zero attached hydrogens (tertiary/aromatic N) is 1. The second-order valence-electron chi connectivity index (χ2n) is 7.97. The van der Waals surface area contributed by atoms with Crippen LogP contribution in [0, 0.1) is 13.8 Å². The number of amides is 3. The van der Waals surface area contributed by atoms with E-state index in [-0.39, 0.29) is 16.7 Å². The van der Waals surface area contributed by atoms with E-state index in [1.165, 1.54) is 11.8 Å². The molecular weight excluding hydrogens is 394 g/mol. The molecule has 28 heavy (non-hydrogen) atoms. The second kappa shape index (κ2) is 6.42. The largest absolute Gasteiger partial charge is 0.323 e. The Morgan fingerprint density at radius 2 is 1.93 bits per heavy atom. The van der Waals surface area contributed by atoms with E-state index in [2.05, 4.69) is 10.6 Å². The molecule has 1 atom stereocenters. The Bertz CT molecular complexity index is 1010. The van der Waals surface area contributed by atoms with Gasteiger partial charge in [0.05, 0.1) is 0 Å². The van der Waals surface area contributed by atoms with Crippen LogP contribution in [0.4, 0.5) is 16.2 Å². The molecule has 5 nitrogen and oxygen atoms in total. The van der Waals surface area contributed by atoms with Crippen molar-refractivity contribution >= 4 is 46.7 Å². The van der Waals surface area contributed by atoms with Crippen molar-refractivity contribution in [3.63, 3.8) is 0 Å². The number of urea groups is 1. The molecule has 0 radical (unpaired) electrons. The molecule has 7 heteroatoms. The highest BCUT2D eigenvalue weighted by Gasteiger charge is 2.61. The van der Waals surface area contributed by atoms with Crippen LogP contribution < -0.4 is 10.6 Å². The molecule has 2 aliphatic heterocycles. The van der Waals surface area contributed by atoms with E-state index < -0.39 is 4.87 Å². The van der Waals surface area contributed by atoms with Crippen molar-refractivity contribution in [1.29, 1.82) is 0 Å². The molecule has 1 spiro atoms. The van der Waals surface area contributed by atoms with Gasteiger partial charge in [0, 0.05) is 33.3 Å². The molecule has 0 saturated carbocycles. The van der Waals surface area contributed by atoms with Crippen LogP contribution in [0.2, 0.25) is 5.02 Å². The minimum Gasteiger partial charge on any atom is -0.323 e. The van der Waals surface area contributed by atoms with Crippen molar-refractivity contribution in [2.24, 2.45) is 0 Å². The lowest BCUT2D eigenvalue weighted by molar-refractivity contribution is -0.121. The van der Waals surface area contributed by atoms with E-state index in [1.54, 1.807) is 23.1 Å². The predicted molar refractivity (Wildman–Crippen MR) is 115 cm³/mol. The van der Waals surface area contributed by atoms with Crippen molar-refractivity contribution in [3.8, 4) is 0 Å². The summed E-state index contributed by atoms with van der Waals surface area (Å²) in [5.41, 5.74) is 4.40. The molecule has 0 aliphatic carbocycles. The summed E-state index contributed by atoms with van der Waals surface area (Å²) >= 11 is 7.71. The Labute approximate surface area is 173 Å². The SMILES string of the molecule is Cc1ccc(NC(=O)N2CC(C)(C)S[C@]23C(=O)Nc2ccc(Cl)cc23)cc1C. The van der Waals surface area contributed by atoms with Crippen LogP contribution in [-0.2, 0) is 9.67 Å². The first kappa shape index (κ1) is 19.2. The average molecular weight is 416 g/mol. The van der Waals surface area contributed by atoms with Gasteiger partial charge in [0.1, 0.15) is 0 Å². The number of halogens is 1. The topological polar surface area (TPSA) is 61.4 Å². The van der Waals surface area contributed by atoms with E-state index in [0.29, 0.717) is 22.9 Å². The predicted octanol–water partition coefficient (Wildman–Crippen LogP) is 5.12. The zero-order valence-corrected chi connectivity index (χ0v) is 17.8. The van der Waals surface area contributed by atoms with E-state index in [0.717, 1.165) is 16.7 Å². The summed E-state index contributed by atoms with van der Waals surface area (Å²) in [7, 11) is 0. The molecule has 0 unspecified atom stereocenters. The van der Waals surface area contributed by atoms with Gasteiger partial charge >= 0.3 is 6.03 Å². The smallest absolute Gasteiger partial charge is 0.323 e. The van der Waals surface area contributed by atoms with E-state index in [1.807, 2.05) is 45.9 Å². The van der Waals surface area contributed by atoms with Gasteiger partial charge < -0.3 is 10.6 Å². The van der Waals surface area contributed by atoms with Gasteiger partial charge in [0.15, 0.2) is 4.87 Å². The third kappa shape index (κ3) is 2.95. The van der Waals surface area contributed by atoms with Crippen LogP contribution in [-0.4, -0.2) is 28.1 Å². The van der Waals surface area contributed by atoms with Gasteiger partial charge in [-0.1, -0.05) is 17.7 Å². The van der Waals surface area contributed by atoms with Crippen molar-refractivity contribution in [2.45, 2.75) is 37.3 Å². The van der Waals surface area contributed by atoms with Crippen LogP contribution in [0.25, 0.3) is 0 Å². The summed E-state index contributed by atoms with van der Waals surface area (Å²) in [6, 6.07) is 10.8. The van der Waals surface area contributed by atoms with Crippen LogP contribution in [0.15, 0.2) is 36.4 Å². The van der Waals surface area contributed by atoms with Gasteiger partial charge in [-0.25, -0.2) is 4.79 Å². The number of fused-ring (bicyclic) bond motifs is 2. The highest BCUT2D eigenvalue weighted by molar-refractivity contribution is 8.02. The van der Waals surface area contributed by atoms with E-state index in [9.17, 15) is 9.59 Å². The molecule has 0 aromatic heterocycles. The molecular formula is C21H22ClN3O2S. The molecule has 2 aromatic carbocycles. The minimum absolute atomic E-state index is 0.212. The molecule has 0 bridgehead atoms. The molecule has 146 valence electrons. The molecule has 2 N–H and O–H groups in total. The molecule has 1 fully saturated rings. The minimum atomic E-state index is -1.13. The monoisotopic (exact) mass is 415 g/mol. The fourth-order valence-electron chi connectivity index (χ4n) is 3.81. The first-order valence-corrected chi connectivity index (χ1v) is 10.3. The molecule has 2 aromatic rings. The van der Waals surface area contributed by atoms with Gasteiger partial charge in [0.2, 0.25) is 0 Å². The summed E-state index contributed by atoms with van der Waals surface area (Å²) < 4.78 is -0.290. The number of benzene rings is 2. The zero-order chi connectivity index (χ0) is 20.3. The summed E-state index contributed by atoms with van der Waals surface area (Å²) in [5, 5.41) is 6.42. The highest BCUT2D eigenvalue weighted by atomic mass is 35.5. The van der Waals surface area contributed by atoms with Crippen molar-refractivity contribution in [2.75, 3.05) is 17.2 Å². The average Bonchev–Trinajstić information content (AvgIpc) is 3.06. The van der Waals surface area contributed by atoms with Crippen LogP contribution in [0.1, 0.15) is 30.5 Å². The number of rotatable bonds is 1. The fourth-order valence-corrected chi connectivity index (χ4v) is 5.65. The highest BCUT2D eigenvalue weighted by Crippen LogP contribution is 2.58. The van der Waals surface area contributed by atoms with Crippen molar-refractivity contribution in [3.05, 3.63) is 58.1 Å². The van der Waals surface area contributed by atoms with Crippen molar-refractivity contribution < 1.29 is 9.59 Å². The Balaban J connectivity index is 1.75. The lowest BCUT2D eigenvalue weighted by Gasteiger charge is -2.32. The van der Waals surface area contributed by atoms with Gasteiger partial charge in [-0.15, -0.1) is 11.8 Å². The number of hydrogen-bond acceptors (Lipinski definition) is 3. The number of anilines is 2. The Morgan fingerprint density at radius 1 is 1.18 bits per heavy atom. The van der Waals surface area contributed by atoms with Crippen LogP contribution in [0.3, 0.4) is 0 Å². The Kier molecular flexibility index (Phi) is 4.39. The van der Waals surface area contributed by atoms with Gasteiger partial charge in [-0.2, -0.15) is 0 Å². The van der Waals surface area contributed by atoms with Crippen LogP contribution >= 0.6 is 23.4 Å². The van der Waals surface area contributed by atoms with E-state index >= 15 is 0 Å². The summed E-state index contributed by atoms with van der Waals surface area (Å²) in [6.07, 6.45) is 0. The number of thioether (sulfide) groups is 1. The summed E-state index contributed by atoms with van der Waals surface area (Å²) in [4.78, 5) is 26.9. The lowest BCUT2D eigenvalue weighted by Crippen LogP contribution is -2.49. The molecule has 1 saturated heterocycles. The number of nitrogens with one attached hydrogen (secondary N) is 2. The zero-order valence-electron chi connectivity index (χ0n) is 16.2. The quantitative estimate of drug-likeness (QED) is 0.679. The first-order chi connectivity index (χ1) is 13.1. The lowest BCUT2D eigenvalue weighted by atomic mass is 10.0. The number of aryl methyl sites for hydroxylation is 2. The molecule has 3 amide bonds. The fraction of sp³-hybridized carbons (Fsp3) is 0.333. The first-order valence-electron chi connectivity index (χ1n) is 9.10. The standard InChI is InChI=1S/C21H22ClN3O2S/c1-12-5-7-15(9-13(12)2)23-19(27)25-11-20(3,4)28-21(25)16-10-14(22)6-8-17(16)24-18(21)26/h5-10H,11H2,1-4H3,(H,23,27)(H,24,26)/t21-/m1/s1. The number of carbonyl (C=O) groups excluding carboxylic acids is 2. The number of hydrogen-bond donors (Lipinski definition) is 2. The maximum atomic E-state index is 13.3. The third-order valence-corrected chi connectivity index (χ3v) is 7.09. The Morgan fingerprint density at radius 3 is 2.64 bits per heavy atom. The van der Waals surface area contributed by atoms with Gasteiger partial charge in [0.25, 0.3) is 5.91 Å². The molecule has 2 heterocycles. The Hall–Kier alpha value is -2.18. The maximum Gasteiger partial charge on any atom is 0.323 e. The molecule has 4 rings (SSSR count). The van der Waals surface area contributed by atoms with Gasteiger partial charge in [-0.3, -0.25) is 9.69 Å². The third-order valence-electron chi connectivity index (χ3n) is 5.25. The summed E-state index contributed by atoms with van der Waals surface area (Å²) in [5.74, 6) is -0.212. The van der Waals surface area contributed by atoms with E-state index in [4.69, 9.17) is 11.6 Å².